The van der Waals surface area contributed by atoms with Crippen LogP contribution in [0.5, 0.6) is 0 Å². The van der Waals surface area contributed by atoms with E-state index in [0.29, 0.717) is 5.92 Å². The summed E-state index contributed by atoms with van der Waals surface area (Å²) in [4.78, 5) is 2.67. The molecule has 2 aliphatic rings. The van der Waals surface area contributed by atoms with Crippen LogP contribution < -0.4 is 0 Å². The van der Waals surface area contributed by atoms with Gasteiger partial charge in [0, 0.05) is 12.6 Å². The maximum atomic E-state index is 10.3. The molecule has 2 fully saturated rings. The number of rotatable bonds is 4. The molecule has 1 N–H and O–H groups in total. The summed E-state index contributed by atoms with van der Waals surface area (Å²) in [6.07, 6.45) is 6.13. The van der Waals surface area contributed by atoms with Gasteiger partial charge in [0.25, 0.3) is 0 Å². The Labute approximate surface area is 119 Å². The molecule has 1 aliphatic heterocycles. The van der Waals surface area contributed by atoms with Crippen molar-refractivity contribution in [1.29, 1.82) is 0 Å². The molecule has 0 aromatic rings. The number of nitrogens with zero attached hydrogens (tertiary/aromatic N) is 1. The van der Waals surface area contributed by atoms with Crippen LogP contribution in [0.15, 0.2) is 0 Å². The lowest BCUT2D eigenvalue weighted by atomic mass is 9.74. The van der Waals surface area contributed by atoms with Crippen LogP contribution in [0.3, 0.4) is 0 Å². The Morgan fingerprint density at radius 2 is 1.79 bits per heavy atom. The van der Waals surface area contributed by atoms with Crippen molar-refractivity contribution in [2.75, 3.05) is 13.1 Å². The number of hydrogen-bond donors (Lipinski definition) is 1. The first-order valence-corrected chi connectivity index (χ1v) is 8.41. The quantitative estimate of drug-likeness (QED) is 0.842. The summed E-state index contributed by atoms with van der Waals surface area (Å²) in [7, 11) is 0. The normalized spacial score (nSPS) is 37.4. The molecule has 0 radical (unpaired) electrons. The lowest BCUT2D eigenvalue weighted by Crippen LogP contribution is -2.43. The zero-order chi connectivity index (χ0) is 14.0. The average Bonchev–Trinajstić information content (AvgIpc) is 2.80. The van der Waals surface area contributed by atoms with Crippen LogP contribution in [0.25, 0.3) is 0 Å². The molecule has 0 spiro atoms. The second-order valence-corrected chi connectivity index (χ2v) is 7.59. The Bertz CT molecular complexity index is 276. The summed E-state index contributed by atoms with van der Waals surface area (Å²) in [5.41, 5.74) is 0. The monoisotopic (exact) mass is 267 g/mol. The lowest BCUT2D eigenvalue weighted by molar-refractivity contribution is 0.0133. The Hall–Kier alpha value is -0.0800. The first-order chi connectivity index (χ1) is 8.99. The Kier molecular flexibility index (Phi) is 5.30. The Morgan fingerprint density at radius 3 is 2.42 bits per heavy atom. The third-order valence-corrected chi connectivity index (χ3v) is 5.58. The van der Waals surface area contributed by atoms with Gasteiger partial charge in [-0.25, -0.2) is 0 Å². The summed E-state index contributed by atoms with van der Waals surface area (Å²) in [6.45, 7) is 11.7. The first-order valence-electron chi connectivity index (χ1n) is 8.41. The van der Waals surface area contributed by atoms with Gasteiger partial charge in [0.1, 0.15) is 0 Å². The highest BCUT2D eigenvalue weighted by molar-refractivity contribution is 4.88. The van der Waals surface area contributed by atoms with Crippen molar-refractivity contribution in [3.8, 4) is 0 Å². The van der Waals surface area contributed by atoms with Crippen molar-refractivity contribution >= 4 is 0 Å². The van der Waals surface area contributed by atoms with Gasteiger partial charge >= 0.3 is 0 Å². The van der Waals surface area contributed by atoms with Gasteiger partial charge in [0.2, 0.25) is 0 Å². The summed E-state index contributed by atoms with van der Waals surface area (Å²) in [5, 5.41) is 10.3. The molecule has 1 saturated heterocycles. The maximum Gasteiger partial charge on any atom is 0.0580 e. The molecule has 2 heteroatoms. The van der Waals surface area contributed by atoms with E-state index in [2.05, 4.69) is 32.6 Å². The van der Waals surface area contributed by atoms with Gasteiger partial charge in [-0.3, -0.25) is 4.90 Å². The third kappa shape index (κ3) is 3.72. The van der Waals surface area contributed by atoms with Crippen molar-refractivity contribution in [3.63, 3.8) is 0 Å². The smallest absolute Gasteiger partial charge is 0.0580 e. The van der Waals surface area contributed by atoms with Gasteiger partial charge in [-0.15, -0.1) is 0 Å². The molecule has 19 heavy (non-hydrogen) atoms. The second-order valence-electron chi connectivity index (χ2n) is 7.59. The van der Waals surface area contributed by atoms with E-state index in [1.54, 1.807) is 0 Å². The van der Waals surface area contributed by atoms with E-state index in [0.717, 1.165) is 36.8 Å². The number of likely N-dealkylation sites (tertiary alicyclic amines) is 1. The largest absolute Gasteiger partial charge is 0.393 e. The van der Waals surface area contributed by atoms with E-state index >= 15 is 0 Å². The Balaban J connectivity index is 1.92. The molecule has 1 heterocycles. The molecule has 2 rings (SSSR count). The van der Waals surface area contributed by atoms with Crippen molar-refractivity contribution in [3.05, 3.63) is 0 Å². The van der Waals surface area contributed by atoms with Crippen molar-refractivity contribution in [2.45, 2.75) is 71.9 Å². The molecule has 112 valence electrons. The summed E-state index contributed by atoms with van der Waals surface area (Å²) >= 11 is 0. The van der Waals surface area contributed by atoms with Crippen molar-refractivity contribution in [2.24, 2.45) is 23.7 Å². The lowest BCUT2D eigenvalue weighted by Gasteiger charge is -2.39. The van der Waals surface area contributed by atoms with Crippen molar-refractivity contribution < 1.29 is 5.11 Å². The number of hydrogen-bond acceptors (Lipinski definition) is 2. The van der Waals surface area contributed by atoms with Gasteiger partial charge in [-0.1, -0.05) is 27.7 Å². The van der Waals surface area contributed by atoms with Gasteiger partial charge in [-0.2, -0.15) is 0 Å². The molecule has 0 aromatic heterocycles. The minimum absolute atomic E-state index is 0.0524. The van der Waals surface area contributed by atoms with Gasteiger partial charge < -0.3 is 5.11 Å². The zero-order valence-corrected chi connectivity index (χ0v) is 13.3. The summed E-state index contributed by atoms with van der Waals surface area (Å²) in [6, 6.07) is 0.756. The van der Waals surface area contributed by atoms with E-state index < -0.39 is 0 Å². The Morgan fingerprint density at radius 1 is 1.05 bits per heavy atom. The molecular weight excluding hydrogens is 234 g/mol. The molecule has 0 amide bonds. The van der Waals surface area contributed by atoms with Gasteiger partial charge in [0.05, 0.1) is 6.10 Å². The van der Waals surface area contributed by atoms with E-state index in [9.17, 15) is 5.11 Å². The van der Waals surface area contributed by atoms with Crippen LogP contribution in [-0.2, 0) is 0 Å². The topological polar surface area (TPSA) is 23.5 Å². The van der Waals surface area contributed by atoms with Crippen LogP contribution in [-0.4, -0.2) is 35.2 Å². The minimum Gasteiger partial charge on any atom is -0.393 e. The molecule has 4 atom stereocenters. The van der Waals surface area contributed by atoms with Crippen LogP contribution in [0.2, 0.25) is 0 Å². The van der Waals surface area contributed by atoms with Gasteiger partial charge in [-0.05, 0) is 62.3 Å². The van der Waals surface area contributed by atoms with Crippen LogP contribution in [0.4, 0.5) is 0 Å². The molecule has 1 aliphatic carbocycles. The van der Waals surface area contributed by atoms with Crippen LogP contribution in [0, 0.1) is 23.7 Å². The predicted octanol–water partition coefficient (Wildman–Crippen LogP) is 3.54. The standard InChI is InChI=1S/C17H33NO/c1-12(2)14-7-8-17(19)15(10-14)11-18-9-5-6-16(18)13(3)4/h12-17,19H,5-11H2,1-4H3. The fraction of sp³-hybridized carbons (Fsp3) is 1.00. The molecule has 0 bridgehead atoms. The molecule has 0 aromatic carbocycles. The highest BCUT2D eigenvalue weighted by Crippen LogP contribution is 2.36. The van der Waals surface area contributed by atoms with E-state index in [4.69, 9.17) is 0 Å². The zero-order valence-electron chi connectivity index (χ0n) is 13.3. The first kappa shape index (κ1) is 15.3. The third-order valence-electron chi connectivity index (χ3n) is 5.58. The average molecular weight is 267 g/mol. The second kappa shape index (κ2) is 6.58. The highest BCUT2D eigenvalue weighted by Gasteiger charge is 2.35. The number of aliphatic hydroxyl groups is 1. The molecule has 1 saturated carbocycles. The van der Waals surface area contributed by atoms with Crippen molar-refractivity contribution in [1.82, 2.24) is 4.90 Å². The summed E-state index contributed by atoms with van der Waals surface area (Å²) in [5.74, 6) is 2.87. The predicted molar refractivity (Wildman–Crippen MR) is 81.1 cm³/mol. The fourth-order valence-electron chi connectivity index (χ4n) is 4.22. The fourth-order valence-corrected chi connectivity index (χ4v) is 4.22. The minimum atomic E-state index is -0.0524. The summed E-state index contributed by atoms with van der Waals surface area (Å²) < 4.78 is 0. The molecular formula is C17H33NO. The van der Waals surface area contributed by atoms with Gasteiger partial charge in [0.15, 0.2) is 0 Å². The van der Waals surface area contributed by atoms with E-state index in [1.807, 2.05) is 0 Å². The van der Waals surface area contributed by atoms with Crippen LogP contribution in [0.1, 0.15) is 59.8 Å². The number of aliphatic hydroxyl groups excluding tert-OH is 1. The van der Waals surface area contributed by atoms with E-state index in [-0.39, 0.29) is 6.10 Å². The highest BCUT2D eigenvalue weighted by atomic mass is 16.3. The van der Waals surface area contributed by atoms with Crippen LogP contribution >= 0.6 is 0 Å². The maximum absolute atomic E-state index is 10.3. The molecule has 4 unspecified atom stereocenters. The SMILES string of the molecule is CC(C)C1CCC(O)C(CN2CCCC2C(C)C)C1. The van der Waals surface area contributed by atoms with E-state index in [1.165, 1.54) is 32.2 Å². The molecule has 2 nitrogen and oxygen atoms in total.